The van der Waals surface area contributed by atoms with Crippen LogP contribution in [-0.4, -0.2) is 31.1 Å². The number of methoxy groups -OCH3 is 1. The first-order valence-corrected chi connectivity index (χ1v) is 7.91. The van der Waals surface area contributed by atoms with Crippen molar-refractivity contribution >= 4 is 35.1 Å². The number of benzene rings is 1. The predicted octanol–water partition coefficient (Wildman–Crippen LogP) is 3.34. The molecule has 2 N–H and O–H groups in total. The van der Waals surface area contributed by atoms with Crippen LogP contribution in [0.5, 0.6) is 11.5 Å². The van der Waals surface area contributed by atoms with Gasteiger partial charge in [0.15, 0.2) is 16.6 Å². The van der Waals surface area contributed by atoms with Crippen LogP contribution >= 0.6 is 23.8 Å². The minimum absolute atomic E-state index is 0.0603. The summed E-state index contributed by atoms with van der Waals surface area (Å²) in [7, 11) is 1.58. The van der Waals surface area contributed by atoms with Crippen molar-refractivity contribution in [2.24, 2.45) is 5.10 Å². The minimum atomic E-state index is 0.0603. The molecule has 1 aromatic carbocycles. The van der Waals surface area contributed by atoms with Gasteiger partial charge in [-0.15, -0.1) is 0 Å². The van der Waals surface area contributed by atoms with Crippen LogP contribution in [0.25, 0.3) is 0 Å². The van der Waals surface area contributed by atoms with Gasteiger partial charge in [0, 0.05) is 6.54 Å². The van der Waals surface area contributed by atoms with Crippen molar-refractivity contribution in [1.82, 2.24) is 10.7 Å². The Morgan fingerprint density at radius 3 is 2.77 bits per heavy atom. The molecule has 7 heteroatoms. The molecule has 0 fully saturated rings. The quantitative estimate of drug-likeness (QED) is 0.452. The van der Waals surface area contributed by atoms with Gasteiger partial charge in [-0.05, 0) is 50.2 Å². The van der Waals surface area contributed by atoms with E-state index in [2.05, 4.69) is 15.8 Å². The van der Waals surface area contributed by atoms with Crippen LogP contribution in [0.1, 0.15) is 32.8 Å². The Hall–Kier alpha value is -1.53. The van der Waals surface area contributed by atoms with E-state index < -0.39 is 0 Å². The molecule has 0 saturated heterocycles. The summed E-state index contributed by atoms with van der Waals surface area (Å²) in [6.45, 7) is 6.72. The van der Waals surface area contributed by atoms with E-state index in [9.17, 15) is 0 Å². The number of nitrogens with one attached hydrogen (secondary N) is 2. The van der Waals surface area contributed by atoms with E-state index in [0.29, 0.717) is 21.6 Å². The number of nitrogens with zero attached hydrogens (tertiary/aromatic N) is 1. The number of hydrazone groups is 1. The van der Waals surface area contributed by atoms with E-state index >= 15 is 0 Å². The second kappa shape index (κ2) is 9.48. The number of ether oxygens (including phenoxy) is 2. The summed E-state index contributed by atoms with van der Waals surface area (Å²) in [4.78, 5) is 0. The molecule has 0 bridgehead atoms. The topological polar surface area (TPSA) is 54.9 Å². The fourth-order valence-corrected chi connectivity index (χ4v) is 2.04. The van der Waals surface area contributed by atoms with Crippen molar-refractivity contribution in [2.45, 2.75) is 33.3 Å². The lowest BCUT2D eigenvalue weighted by Gasteiger charge is -2.17. The Morgan fingerprint density at radius 2 is 2.18 bits per heavy atom. The largest absolute Gasteiger partial charge is 0.493 e. The second-order valence-corrected chi connectivity index (χ2v) is 5.42. The molecule has 0 aliphatic rings. The third-order valence-corrected chi connectivity index (χ3v) is 3.38. The second-order valence-electron chi connectivity index (χ2n) is 4.60. The molecule has 0 heterocycles. The summed E-state index contributed by atoms with van der Waals surface area (Å²) in [5.41, 5.74) is 3.50. The van der Waals surface area contributed by atoms with Crippen molar-refractivity contribution in [1.29, 1.82) is 0 Å². The number of rotatable bonds is 7. The summed E-state index contributed by atoms with van der Waals surface area (Å²) in [6.07, 6.45) is 2.56. The lowest BCUT2D eigenvalue weighted by atomic mass is 10.2. The highest BCUT2D eigenvalue weighted by atomic mass is 35.5. The molecule has 1 unspecified atom stereocenters. The fraction of sp³-hybridized carbons (Fsp3) is 0.467. The first-order chi connectivity index (χ1) is 10.5. The maximum absolute atomic E-state index is 6.28. The molecule has 22 heavy (non-hydrogen) atoms. The van der Waals surface area contributed by atoms with E-state index in [-0.39, 0.29) is 6.10 Å². The zero-order valence-corrected chi connectivity index (χ0v) is 14.8. The van der Waals surface area contributed by atoms with Gasteiger partial charge < -0.3 is 14.8 Å². The average Bonchev–Trinajstić information content (AvgIpc) is 2.49. The van der Waals surface area contributed by atoms with Gasteiger partial charge in [0.2, 0.25) is 0 Å². The molecule has 1 aromatic rings. The minimum Gasteiger partial charge on any atom is -0.493 e. The Kier molecular flexibility index (Phi) is 7.98. The molecule has 0 aliphatic carbocycles. The molecule has 0 radical (unpaired) electrons. The molecule has 1 rings (SSSR count). The Bertz CT molecular complexity index is 538. The van der Waals surface area contributed by atoms with Crippen LogP contribution < -0.4 is 20.2 Å². The van der Waals surface area contributed by atoms with E-state index in [0.717, 1.165) is 18.5 Å². The van der Waals surface area contributed by atoms with Crippen LogP contribution in [-0.2, 0) is 0 Å². The van der Waals surface area contributed by atoms with E-state index in [4.69, 9.17) is 33.3 Å². The van der Waals surface area contributed by atoms with Crippen LogP contribution in [0.15, 0.2) is 17.2 Å². The normalized spacial score (nSPS) is 12.0. The number of hydrogen-bond acceptors (Lipinski definition) is 4. The van der Waals surface area contributed by atoms with Crippen molar-refractivity contribution in [2.75, 3.05) is 13.7 Å². The molecular weight excluding hydrogens is 322 g/mol. The van der Waals surface area contributed by atoms with Crippen molar-refractivity contribution in [3.63, 3.8) is 0 Å². The van der Waals surface area contributed by atoms with E-state index in [1.807, 2.05) is 26.8 Å². The molecule has 0 saturated carbocycles. The highest BCUT2D eigenvalue weighted by Gasteiger charge is 2.13. The van der Waals surface area contributed by atoms with Crippen molar-refractivity contribution < 1.29 is 9.47 Å². The van der Waals surface area contributed by atoms with Crippen LogP contribution in [0.4, 0.5) is 0 Å². The van der Waals surface area contributed by atoms with Crippen molar-refractivity contribution in [3.8, 4) is 11.5 Å². The highest BCUT2D eigenvalue weighted by molar-refractivity contribution is 7.80. The number of halogens is 1. The lowest BCUT2D eigenvalue weighted by Crippen LogP contribution is -2.31. The summed E-state index contributed by atoms with van der Waals surface area (Å²) < 4.78 is 11.1. The third kappa shape index (κ3) is 5.69. The van der Waals surface area contributed by atoms with Crippen LogP contribution in [0.3, 0.4) is 0 Å². The first kappa shape index (κ1) is 18.5. The Morgan fingerprint density at radius 1 is 1.45 bits per heavy atom. The highest BCUT2D eigenvalue weighted by Crippen LogP contribution is 2.36. The lowest BCUT2D eigenvalue weighted by molar-refractivity contribution is 0.208. The number of thiocarbonyl (C=S) groups is 1. The third-order valence-electron chi connectivity index (χ3n) is 2.86. The summed E-state index contributed by atoms with van der Waals surface area (Å²) in [5, 5.41) is 7.94. The van der Waals surface area contributed by atoms with E-state index in [1.165, 1.54) is 0 Å². The molecule has 122 valence electrons. The first-order valence-electron chi connectivity index (χ1n) is 7.12. The predicted molar refractivity (Wildman–Crippen MR) is 95.4 cm³/mol. The molecule has 0 amide bonds. The Labute approximate surface area is 142 Å². The average molecular weight is 344 g/mol. The summed E-state index contributed by atoms with van der Waals surface area (Å²) in [6, 6.07) is 3.58. The Balaban J connectivity index is 2.88. The zero-order valence-electron chi connectivity index (χ0n) is 13.3. The molecule has 5 nitrogen and oxygen atoms in total. The van der Waals surface area contributed by atoms with Gasteiger partial charge in [0.1, 0.15) is 0 Å². The molecular formula is C15H22ClN3O2S. The smallest absolute Gasteiger partial charge is 0.186 e. The standard InChI is InChI=1S/C15H22ClN3O2S/c1-5-10(3)21-14-12(16)7-11(8-13(14)20-4)9-18-19-15(22)17-6-2/h7-10H,5-6H2,1-4H3,(H2,17,19,22). The van der Waals surface area contributed by atoms with E-state index in [1.54, 1.807) is 19.4 Å². The monoisotopic (exact) mass is 343 g/mol. The van der Waals surface area contributed by atoms with Gasteiger partial charge in [-0.3, -0.25) is 5.43 Å². The molecule has 0 aromatic heterocycles. The van der Waals surface area contributed by atoms with Crippen molar-refractivity contribution in [3.05, 3.63) is 22.7 Å². The van der Waals surface area contributed by atoms with Gasteiger partial charge in [-0.25, -0.2) is 0 Å². The van der Waals surface area contributed by atoms with Crippen LogP contribution in [0.2, 0.25) is 5.02 Å². The van der Waals surface area contributed by atoms with Gasteiger partial charge in [-0.2, -0.15) is 5.10 Å². The maximum Gasteiger partial charge on any atom is 0.186 e. The maximum atomic E-state index is 6.28. The van der Waals surface area contributed by atoms with Gasteiger partial charge >= 0.3 is 0 Å². The van der Waals surface area contributed by atoms with Crippen LogP contribution in [0, 0.1) is 0 Å². The zero-order chi connectivity index (χ0) is 16.5. The summed E-state index contributed by atoms with van der Waals surface area (Å²) >= 11 is 11.3. The SMILES string of the molecule is CCNC(=S)NN=Cc1cc(Cl)c(OC(C)CC)c(OC)c1. The number of hydrogen-bond donors (Lipinski definition) is 2. The van der Waals surface area contributed by atoms with Gasteiger partial charge in [-0.1, -0.05) is 18.5 Å². The summed E-state index contributed by atoms with van der Waals surface area (Å²) in [5.74, 6) is 1.12. The molecule has 1 atom stereocenters. The fourth-order valence-electron chi connectivity index (χ4n) is 1.58. The van der Waals surface area contributed by atoms with Gasteiger partial charge in [0.25, 0.3) is 0 Å². The van der Waals surface area contributed by atoms with Gasteiger partial charge in [0.05, 0.1) is 24.5 Å². The molecule has 0 spiro atoms. The molecule has 0 aliphatic heterocycles.